The van der Waals surface area contributed by atoms with Gasteiger partial charge in [0.15, 0.2) is 0 Å². The van der Waals surface area contributed by atoms with Gasteiger partial charge < -0.3 is 14.6 Å². The molecule has 1 aromatic rings. The number of amides is 1. The number of aryl methyl sites for hydroxylation is 1. The fraction of sp³-hybridized carbons (Fsp3) is 0.643. The predicted molar refractivity (Wildman–Crippen MR) is 83.2 cm³/mol. The van der Waals surface area contributed by atoms with Crippen LogP contribution in [0.25, 0.3) is 0 Å². The number of aromatic nitrogens is 1. The van der Waals surface area contributed by atoms with E-state index < -0.39 is 10.0 Å². The molecular formula is C14H23N3O4S. The summed E-state index contributed by atoms with van der Waals surface area (Å²) in [4.78, 5) is 12.3. The standard InChI is InChI=1S/C14H23N3O4S/c1-10-12(5-6-17(10)4)14(18)15-13-8-21-7-11(13)9-22(19,20)16(2)3/h5-6,11,13H,7-9H2,1-4H3,(H,15,18)/t11-,13+/m0/s1. The van der Waals surface area contributed by atoms with Gasteiger partial charge in [-0.1, -0.05) is 0 Å². The van der Waals surface area contributed by atoms with Crippen LogP contribution in [-0.2, 0) is 21.8 Å². The quantitative estimate of drug-likeness (QED) is 0.823. The van der Waals surface area contributed by atoms with Crippen molar-refractivity contribution < 1.29 is 17.9 Å². The zero-order valence-electron chi connectivity index (χ0n) is 13.4. The minimum atomic E-state index is -3.32. The third kappa shape index (κ3) is 3.50. The molecule has 1 aromatic heterocycles. The lowest BCUT2D eigenvalue weighted by atomic mass is 10.1. The summed E-state index contributed by atoms with van der Waals surface area (Å²) in [5, 5.41) is 2.90. The highest BCUT2D eigenvalue weighted by Crippen LogP contribution is 2.18. The summed E-state index contributed by atoms with van der Waals surface area (Å²) in [6.45, 7) is 2.55. The van der Waals surface area contributed by atoms with Gasteiger partial charge in [0, 0.05) is 39.0 Å². The summed E-state index contributed by atoms with van der Waals surface area (Å²) in [6.07, 6.45) is 1.82. The van der Waals surface area contributed by atoms with Crippen molar-refractivity contribution in [3.05, 3.63) is 23.5 Å². The first-order valence-corrected chi connectivity index (χ1v) is 8.74. The van der Waals surface area contributed by atoms with E-state index in [0.29, 0.717) is 18.8 Å². The van der Waals surface area contributed by atoms with Crippen molar-refractivity contribution in [2.75, 3.05) is 33.1 Å². The Kier molecular flexibility index (Phi) is 4.93. The van der Waals surface area contributed by atoms with Crippen LogP contribution < -0.4 is 5.32 Å². The van der Waals surface area contributed by atoms with Crippen LogP contribution in [0.1, 0.15) is 16.1 Å². The van der Waals surface area contributed by atoms with Crippen LogP contribution in [0.4, 0.5) is 0 Å². The molecule has 22 heavy (non-hydrogen) atoms. The smallest absolute Gasteiger partial charge is 0.253 e. The van der Waals surface area contributed by atoms with E-state index in [0.717, 1.165) is 5.69 Å². The van der Waals surface area contributed by atoms with Gasteiger partial charge in [-0.05, 0) is 13.0 Å². The van der Waals surface area contributed by atoms with Crippen LogP contribution in [0.2, 0.25) is 0 Å². The highest BCUT2D eigenvalue weighted by Gasteiger charge is 2.34. The molecule has 124 valence electrons. The molecule has 8 heteroatoms. The van der Waals surface area contributed by atoms with E-state index in [4.69, 9.17) is 4.74 Å². The lowest BCUT2D eigenvalue weighted by Gasteiger charge is -2.21. The van der Waals surface area contributed by atoms with E-state index in [1.165, 1.54) is 18.4 Å². The van der Waals surface area contributed by atoms with Crippen LogP contribution in [-0.4, -0.2) is 62.3 Å². The predicted octanol–water partition coefficient (Wildman–Crippen LogP) is -0.0303. The van der Waals surface area contributed by atoms with Crippen LogP contribution in [0, 0.1) is 12.8 Å². The Bertz CT molecular complexity index is 651. The second kappa shape index (κ2) is 6.39. The molecule has 2 atom stereocenters. The first-order valence-electron chi connectivity index (χ1n) is 7.13. The third-order valence-electron chi connectivity index (χ3n) is 4.12. The van der Waals surface area contributed by atoms with Crippen LogP contribution in [0.15, 0.2) is 12.3 Å². The fourth-order valence-electron chi connectivity index (χ4n) is 2.44. The molecule has 1 fully saturated rings. The average Bonchev–Trinajstić information content (AvgIpc) is 2.98. The molecule has 0 unspecified atom stereocenters. The molecule has 1 aliphatic rings. The fourth-order valence-corrected chi connectivity index (χ4v) is 3.60. The second-order valence-corrected chi connectivity index (χ2v) is 8.09. The molecule has 2 rings (SSSR count). The summed E-state index contributed by atoms with van der Waals surface area (Å²) in [5.74, 6) is -0.458. The summed E-state index contributed by atoms with van der Waals surface area (Å²) in [7, 11) is 1.56. The molecule has 0 radical (unpaired) electrons. The van der Waals surface area contributed by atoms with Gasteiger partial charge in [0.2, 0.25) is 10.0 Å². The number of carbonyl (C=O) groups excluding carboxylic acids is 1. The van der Waals surface area contributed by atoms with E-state index in [2.05, 4.69) is 5.32 Å². The highest BCUT2D eigenvalue weighted by molar-refractivity contribution is 7.89. The minimum absolute atomic E-state index is 0.0290. The largest absolute Gasteiger partial charge is 0.379 e. The normalized spacial score (nSPS) is 22.2. The first kappa shape index (κ1) is 17.0. The Morgan fingerprint density at radius 3 is 2.68 bits per heavy atom. The summed E-state index contributed by atoms with van der Waals surface area (Å²) in [5.41, 5.74) is 1.47. The number of sulfonamides is 1. The number of hydrogen-bond acceptors (Lipinski definition) is 4. The molecule has 1 saturated heterocycles. The van der Waals surface area contributed by atoms with E-state index in [1.807, 2.05) is 24.7 Å². The van der Waals surface area contributed by atoms with Gasteiger partial charge in [0.25, 0.3) is 5.91 Å². The van der Waals surface area contributed by atoms with Gasteiger partial charge in [-0.3, -0.25) is 4.79 Å². The van der Waals surface area contributed by atoms with E-state index in [1.54, 1.807) is 6.07 Å². The second-order valence-electron chi connectivity index (χ2n) is 5.86. The average molecular weight is 329 g/mol. The number of nitrogens with zero attached hydrogens (tertiary/aromatic N) is 2. The molecular weight excluding hydrogens is 306 g/mol. The van der Waals surface area contributed by atoms with Crippen molar-refractivity contribution in [3.8, 4) is 0 Å². The molecule has 0 spiro atoms. The maximum Gasteiger partial charge on any atom is 0.253 e. The zero-order valence-corrected chi connectivity index (χ0v) is 14.2. The number of ether oxygens (including phenoxy) is 1. The van der Waals surface area contributed by atoms with Gasteiger partial charge in [-0.15, -0.1) is 0 Å². The molecule has 2 heterocycles. The molecule has 0 aliphatic carbocycles. The maximum atomic E-state index is 12.3. The Morgan fingerprint density at radius 1 is 1.45 bits per heavy atom. The van der Waals surface area contributed by atoms with E-state index in [9.17, 15) is 13.2 Å². The lowest BCUT2D eigenvalue weighted by Crippen LogP contribution is -2.43. The van der Waals surface area contributed by atoms with Crippen molar-refractivity contribution in [2.45, 2.75) is 13.0 Å². The summed E-state index contributed by atoms with van der Waals surface area (Å²) in [6, 6.07) is 1.47. The van der Waals surface area contributed by atoms with Crippen molar-refractivity contribution in [3.63, 3.8) is 0 Å². The molecule has 0 bridgehead atoms. The number of carbonyl (C=O) groups is 1. The SMILES string of the molecule is Cc1c(C(=O)N[C@@H]2COC[C@H]2CS(=O)(=O)N(C)C)ccn1C. The third-order valence-corrected chi connectivity index (χ3v) is 6.09. The molecule has 1 aliphatic heterocycles. The van der Waals surface area contributed by atoms with Crippen molar-refractivity contribution in [1.29, 1.82) is 0 Å². The van der Waals surface area contributed by atoms with Gasteiger partial charge in [0.05, 0.1) is 30.6 Å². The summed E-state index contributed by atoms with van der Waals surface area (Å²) < 4.78 is 32.4. The lowest BCUT2D eigenvalue weighted by molar-refractivity contribution is 0.0925. The summed E-state index contributed by atoms with van der Waals surface area (Å²) >= 11 is 0. The molecule has 1 N–H and O–H groups in total. The molecule has 1 amide bonds. The Hall–Kier alpha value is -1.38. The minimum Gasteiger partial charge on any atom is -0.379 e. The van der Waals surface area contributed by atoms with E-state index in [-0.39, 0.29) is 23.6 Å². The monoisotopic (exact) mass is 329 g/mol. The molecule has 0 aromatic carbocycles. The number of rotatable bonds is 5. The van der Waals surface area contributed by atoms with Crippen molar-refractivity contribution in [1.82, 2.24) is 14.2 Å². The van der Waals surface area contributed by atoms with Gasteiger partial charge in [-0.2, -0.15) is 0 Å². The first-order chi connectivity index (χ1) is 10.2. The van der Waals surface area contributed by atoms with Gasteiger partial charge in [0.1, 0.15) is 0 Å². The zero-order chi connectivity index (χ0) is 16.5. The Balaban J connectivity index is 2.05. The van der Waals surface area contributed by atoms with Crippen LogP contribution >= 0.6 is 0 Å². The van der Waals surface area contributed by atoms with Crippen LogP contribution in [0.5, 0.6) is 0 Å². The molecule has 7 nitrogen and oxygen atoms in total. The van der Waals surface area contributed by atoms with Gasteiger partial charge >= 0.3 is 0 Å². The number of hydrogen-bond donors (Lipinski definition) is 1. The Morgan fingerprint density at radius 2 is 2.14 bits per heavy atom. The maximum absolute atomic E-state index is 12.3. The highest BCUT2D eigenvalue weighted by atomic mass is 32.2. The topological polar surface area (TPSA) is 80.6 Å². The van der Waals surface area contributed by atoms with E-state index >= 15 is 0 Å². The van der Waals surface area contributed by atoms with Gasteiger partial charge in [-0.25, -0.2) is 12.7 Å². The van der Waals surface area contributed by atoms with Crippen LogP contribution in [0.3, 0.4) is 0 Å². The molecule has 0 saturated carbocycles. The van der Waals surface area contributed by atoms with Crippen molar-refractivity contribution >= 4 is 15.9 Å². The number of nitrogens with one attached hydrogen (secondary N) is 1. The van der Waals surface area contributed by atoms with Crippen molar-refractivity contribution in [2.24, 2.45) is 13.0 Å². The Labute approximate surface area is 131 Å².